The molecule has 41 heavy (non-hydrogen) atoms. The van der Waals surface area contributed by atoms with Crippen LogP contribution in [0.3, 0.4) is 0 Å². The predicted molar refractivity (Wildman–Crippen MR) is 164 cm³/mol. The van der Waals surface area contributed by atoms with Crippen molar-refractivity contribution in [2.75, 3.05) is 52.5 Å². The smallest absolute Gasteiger partial charge is 0.338 e. The van der Waals surface area contributed by atoms with Gasteiger partial charge in [-0.15, -0.1) is 24.8 Å². The molecule has 1 aliphatic carbocycles. The second-order valence-electron chi connectivity index (χ2n) is 10.8. The molecule has 0 radical (unpaired) electrons. The zero-order valence-corrected chi connectivity index (χ0v) is 25.3. The summed E-state index contributed by atoms with van der Waals surface area (Å²) in [6, 6.07) is 10.6. The molecule has 0 bridgehead atoms. The first-order valence-electron chi connectivity index (χ1n) is 14.4. The largest absolute Gasteiger partial charge is 0.462 e. The molecule has 3 aliphatic rings. The topological polar surface area (TPSA) is 111 Å². The summed E-state index contributed by atoms with van der Waals surface area (Å²) in [5.41, 5.74) is 3.93. The van der Waals surface area contributed by atoms with Gasteiger partial charge in [0.15, 0.2) is 0 Å². The summed E-state index contributed by atoms with van der Waals surface area (Å²) >= 11 is 0. The SMILES string of the molecule is Cl.Cl.O.O=C(OCCCN1CCCCC1)c1ccc2c(c1)C(O)c1cc(C(=O)OCCCN3CCCCC3)ccc1-2. The molecule has 2 aliphatic heterocycles. The number of likely N-dealkylation sites (tertiary alicyclic amines) is 2. The van der Waals surface area contributed by atoms with Crippen LogP contribution < -0.4 is 0 Å². The van der Waals surface area contributed by atoms with Gasteiger partial charge >= 0.3 is 11.9 Å². The monoisotopic (exact) mass is 610 g/mol. The van der Waals surface area contributed by atoms with Crippen molar-refractivity contribution in [2.45, 2.75) is 57.5 Å². The minimum atomic E-state index is -0.904. The van der Waals surface area contributed by atoms with E-state index in [2.05, 4.69) is 9.80 Å². The fourth-order valence-corrected chi connectivity index (χ4v) is 5.93. The number of hydrogen-bond acceptors (Lipinski definition) is 7. The molecule has 0 unspecified atom stereocenters. The van der Waals surface area contributed by atoms with Gasteiger partial charge in [-0.2, -0.15) is 0 Å². The lowest BCUT2D eigenvalue weighted by atomic mass is 10.0. The zero-order valence-electron chi connectivity index (χ0n) is 23.6. The second-order valence-corrected chi connectivity index (χ2v) is 10.8. The Morgan fingerprint density at radius 2 is 1.07 bits per heavy atom. The average molecular weight is 612 g/mol. The number of nitrogens with zero attached hydrogens (tertiary/aromatic N) is 2. The summed E-state index contributed by atoms with van der Waals surface area (Å²) in [5.74, 6) is -0.744. The summed E-state index contributed by atoms with van der Waals surface area (Å²) in [4.78, 5) is 30.2. The summed E-state index contributed by atoms with van der Waals surface area (Å²) < 4.78 is 11.0. The minimum Gasteiger partial charge on any atom is -0.462 e. The number of carbonyl (C=O) groups excluding carboxylic acids is 2. The highest BCUT2D eigenvalue weighted by Gasteiger charge is 2.29. The normalized spacial score (nSPS) is 16.8. The van der Waals surface area contributed by atoms with E-state index in [-0.39, 0.29) is 42.2 Å². The van der Waals surface area contributed by atoms with Crippen LogP contribution in [0.5, 0.6) is 0 Å². The minimum absolute atomic E-state index is 0. The van der Waals surface area contributed by atoms with E-state index in [1.165, 1.54) is 38.5 Å². The van der Waals surface area contributed by atoms with Crippen LogP contribution in [-0.2, 0) is 9.47 Å². The number of piperidine rings is 2. The third kappa shape index (κ3) is 8.89. The standard InChI is InChI=1S/C31H40N2O5.2ClH.H2O/c34-29-27-21-23(30(35)37-19-7-17-32-13-3-1-4-14-32)9-11-25(27)26-12-10-24(22-28(26)29)31(36)38-20-8-18-33-15-5-2-6-16-33;;;/h9-12,21-22,29,34H,1-8,13-20H2;2*1H;1H2. The van der Waals surface area contributed by atoms with E-state index in [9.17, 15) is 14.7 Å². The Morgan fingerprint density at radius 1 is 0.683 bits per heavy atom. The molecule has 2 saturated heterocycles. The van der Waals surface area contributed by atoms with E-state index in [0.717, 1.165) is 63.2 Å². The van der Waals surface area contributed by atoms with Crippen LogP contribution in [0, 0.1) is 0 Å². The van der Waals surface area contributed by atoms with Crippen molar-refractivity contribution in [1.82, 2.24) is 9.80 Å². The lowest BCUT2D eigenvalue weighted by Crippen LogP contribution is -2.31. The molecule has 0 aromatic heterocycles. The summed E-state index contributed by atoms with van der Waals surface area (Å²) in [7, 11) is 0. The van der Waals surface area contributed by atoms with Crippen LogP contribution in [0.15, 0.2) is 36.4 Å². The Morgan fingerprint density at radius 3 is 1.46 bits per heavy atom. The van der Waals surface area contributed by atoms with E-state index >= 15 is 0 Å². The highest BCUT2D eigenvalue weighted by atomic mass is 35.5. The average Bonchev–Trinajstić information content (AvgIpc) is 3.25. The third-order valence-electron chi connectivity index (χ3n) is 8.05. The van der Waals surface area contributed by atoms with Crippen molar-refractivity contribution in [2.24, 2.45) is 0 Å². The number of rotatable bonds is 10. The van der Waals surface area contributed by atoms with Gasteiger partial charge in [-0.25, -0.2) is 9.59 Å². The van der Waals surface area contributed by atoms with Crippen molar-refractivity contribution in [3.05, 3.63) is 58.7 Å². The van der Waals surface area contributed by atoms with Crippen LogP contribution in [0.2, 0.25) is 0 Å². The Hall–Kier alpha value is -2.20. The Labute approximate surface area is 255 Å². The second kappa shape index (κ2) is 17.0. The van der Waals surface area contributed by atoms with Crippen molar-refractivity contribution in [3.8, 4) is 11.1 Å². The van der Waals surface area contributed by atoms with Crippen LogP contribution in [0.25, 0.3) is 11.1 Å². The van der Waals surface area contributed by atoms with Gasteiger partial charge in [0.2, 0.25) is 0 Å². The third-order valence-corrected chi connectivity index (χ3v) is 8.05. The van der Waals surface area contributed by atoms with Crippen LogP contribution in [-0.4, -0.2) is 84.8 Å². The molecular formula is C31H44Cl2N2O6. The zero-order chi connectivity index (χ0) is 26.3. The van der Waals surface area contributed by atoms with Gasteiger partial charge in [0.25, 0.3) is 0 Å². The van der Waals surface area contributed by atoms with Crippen LogP contribution >= 0.6 is 24.8 Å². The molecule has 228 valence electrons. The summed E-state index contributed by atoms with van der Waals surface area (Å²) in [5, 5.41) is 11.0. The highest BCUT2D eigenvalue weighted by Crippen LogP contribution is 2.44. The van der Waals surface area contributed by atoms with Crippen molar-refractivity contribution >= 4 is 36.8 Å². The quantitative estimate of drug-likeness (QED) is 0.303. The molecule has 0 amide bonds. The van der Waals surface area contributed by atoms with Crippen LogP contribution in [0.1, 0.15) is 89.3 Å². The molecule has 2 heterocycles. The highest BCUT2D eigenvalue weighted by molar-refractivity contribution is 5.94. The number of ether oxygens (including phenoxy) is 2. The number of hydrogen-bond donors (Lipinski definition) is 1. The fourth-order valence-electron chi connectivity index (χ4n) is 5.93. The van der Waals surface area contributed by atoms with E-state index in [4.69, 9.17) is 9.47 Å². The first kappa shape index (κ1) is 35.0. The lowest BCUT2D eigenvalue weighted by Gasteiger charge is -2.26. The first-order valence-corrected chi connectivity index (χ1v) is 14.4. The Kier molecular flexibility index (Phi) is 14.6. The first-order chi connectivity index (χ1) is 18.6. The Balaban J connectivity index is 0.00000196. The summed E-state index contributed by atoms with van der Waals surface area (Å²) in [6.07, 6.45) is 8.36. The van der Waals surface area contributed by atoms with Gasteiger partial charge in [0.1, 0.15) is 6.10 Å². The van der Waals surface area contributed by atoms with Crippen molar-refractivity contribution in [3.63, 3.8) is 0 Å². The van der Waals surface area contributed by atoms with E-state index in [1.807, 2.05) is 12.1 Å². The molecule has 8 nitrogen and oxygen atoms in total. The molecule has 2 fully saturated rings. The van der Waals surface area contributed by atoms with Crippen LogP contribution in [0.4, 0.5) is 0 Å². The number of carbonyl (C=O) groups is 2. The van der Waals surface area contributed by atoms with E-state index in [1.54, 1.807) is 24.3 Å². The number of esters is 2. The molecule has 0 saturated carbocycles. The molecule has 0 spiro atoms. The lowest BCUT2D eigenvalue weighted by molar-refractivity contribution is 0.0476. The maximum Gasteiger partial charge on any atom is 0.338 e. The van der Waals surface area contributed by atoms with Gasteiger partial charge in [-0.05, 0) is 111 Å². The number of aliphatic hydroxyl groups is 1. The van der Waals surface area contributed by atoms with E-state index < -0.39 is 6.10 Å². The number of fused-ring (bicyclic) bond motifs is 3. The fraction of sp³-hybridized carbons (Fsp3) is 0.548. The Bertz CT molecular complexity index is 1050. The van der Waals surface area contributed by atoms with Crippen molar-refractivity contribution < 1.29 is 29.6 Å². The van der Waals surface area contributed by atoms with Crippen molar-refractivity contribution in [1.29, 1.82) is 0 Å². The maximum atomic E-state index is 12.7. The molecule has 2 aromatic carbocycles. The van der Waals surface area contributed by atoms with Gasteiger partial charge in [-0.1, -0.05) is 25.0 Å². The molecule has 2 aromatic rings. The van der Waals surface area contributed by atoms with E-state index in [0.29, 0.717) is 35.5 Å². The predicted octanol–water partition coefficient (Wildman–Crippen LogP) is 4.83. The van der Waals surface area contributed by atoms with Gasteiger partial charge < -0.3 is 29.9 Å². The number of halogens is 2. The molecular weight excluding hydrogens is 567 g/mol. The molecule has 10 heteroatoms. The molecule has 0 atom stereocenters. The van der Waals surface area contributed by atoms with Gasteiger partial charge in [0, 0.05) is 13.1 Å². The summed E-state index contributed by atoms with van der Waals surface area (Å²) in [6.45, 7) is 7.22. The number of aliphatic hydroxyl groups excluding tert-OH is 1. The number of benzene rings is 2. The maximum absolute atomic E-state index is 12.7. The van der Waals surface area contributed by atoms with Gasteiger partial charge in [-0.3, -0.25) is 0 Å². The van der Waals surface area contributed by atoms with Gasteiger partial charge in [0.05, 0.1) is 24.3 Å². The molecule has 5 rings (SSSR count). The molecule has 3 N–H and O–H groups in total.